The number of hydrogen-bond acceptors (Lipinski definition) is 3. The average Bonchev–Trinajstić information content (AvgIpc) is 2.55. The van der Waals surface area contributed by atoms with Crippen molar-refractivity contribution in [3.05, 3.63) is 48.2 Å². The second kappa shape index (κ2) is 6.18. The first-order valence-corrected chi connectivity index (χ1v) is 7.67. The van der Waals surface area contributed by atoms with Crippen LogP contribution in [0.3, 0.4) is 0 Å². The molecule has 1 amide bonds. The topological polar surface area (TPSA) is 36.4 Å². The van der Waals surface area contributed by atoms with E-state index < -0.39 is 0 Å². The molecule has 22 heavy (non-hydrogen) atoms. The molecule has 1 aromatic heterocycles. The van der Waals surface area contributed by atoms with Crippen molar-refractivity contribution < 1.29 is 4.79 Å². The van der Waals surface area contributed by atoms with Gasteiger partial charge >= 0.3 is 0 Å². The Morgan fingerprint density at radius 2 is 1.82 bits per heavy atom. The number of amides is 1. The van der Waals surface area contributed by atoms with E-state index in [4.69, 9.17) is 0 Å². The minimum absolute atomic E-state index is 0.155. The van der Waals surface area contributed by atoms with Gasteiger partial charge in [0.15, 0.2) is 0 Å². The molecule has 114 valence electrons. The second-order valence-corrected chi connectivity index (χ2v) is 5.77. The maximum absolute atomic E-state index is 11.4. The number of anilines is 1. The SMILES string of the molecule is CC(=O)N1CCN(c2ccc(-c3cccc(C)c3)cn2)CC1. The number of hydrogen-bond donors (Lipinski definition) is 0. The Morgan fingerprint density at radius 1 is 1.05 bits per heavy atom. The van der Waals surface area contributed by atoms with E-state index in [-0.39, 0.29) is 5.91 Å². The van der Waals surface area contributed by atoms with E-state index >= 15 is 0 Å². The minimum Gasteiger partial charge on any atom is -0.353 e. The van der Waals surface area contributed by atoms with Gasteiger partial charge in [-0.1, -0.05) is 29.8 Å². The smallest absolute Gasteiger partial charge is 0.219 e. The van der Waals surface area contributed by atoms with Crippen LogP contribution in [0.4, 0.5) is 5.82 Å². The molecular formula is C18H21N3O. The molecule has 0 unspecified atom stereocenters. The summed E-state index contributed by atoms with van der Waals surface area (Å²) in [6.07, 6.45) is 1.93. The molecule has 0 bridgehead atoms. The molecular weight excluding hydrogens is 274 g/mol. The standard InChI is InChI=1S/C18H21N3O/c1-14-4-3-5-16(12-14)17-6-7-18(19-13-17)21-10-8-20(9-11-21)15(2)22/h3-7,12-13H,8-11H2,1-2H3. The summed E-state index contributed by atoms with van der Waals surface area (Å²) in [6, 6.07) is 12.6. The van der Waals surface area contributed by atoms with Crippen LogP contribution in [0, 0.1) is 6.92 Å². The van der Waals surface area contributed by atoms with Gasteiger partial charge in [0.05, 0.1) is 0 Å². The van der Waals surface area contributed by atoms with Crippen molar-refractivity contribution in [2.75, 3.05) is 31.1 Å². The highest BCUT2D eigenvalue weighted by atomic mass is 16.2. The summed E-state index contributed by atoms with van der Waals surface area (Å²) in [5.41, 5.74) is 3.58. The third-order valence-corrected chi connectivity index (χ3v) is 4.15. The van der Waals surface area contributed by atoms with Gasteiger partial charge in [0.2, 0.25) is 5.91 Å². The normalized spacial score (nSPS) is 15.0. The lowest BCUT2D eigenvalue weighted by molar-refractivity contribution is -0.129. The number of benzene rings is 1. The van der Waals surface area contributed by atoms with Crippen LogP contribution in [0.25, 0.3) is 11.1 Å². The first-order valence-electron chi connectivity index (χ1n) is 7.67. The summed E-state index contributed by atoms with van der Waals surface area (Å²) in [5.74, 6) is 1.14. The molecule has 0 atom stereocenters. The minimum atomic E-state index is 0.155. The van der Waals surface area contributed by atoms with Crippen molar-refractivity contribution in [2.45, 2.75) is 13.8 Å². The summed E-state index contributed by atoms with van der Waals surface area (Å²) in [7, 11) is 0. The predicted octanol–water partition coefficient (Wildman–Crippen LogP) is 2.73. The maximum Gasteiger partial charge on any atom is 0.219 e. The Balaban J connectivity index is 1.71. The highest BCUT2D eigenvalue weighted by Crippen LogP contribution is 2.22. The van der Waals surface area contributed by atoms with Crippen LogP contribution in [-0.2, 0) is 4.79 Å². The number of aryl methyl sites for hydroxylation is 1. The van der Waals surface area contributed by atoms with Crippen LogP contribution in [0.15, 0.2) is 42.6 Å². The molecule has 1 saturated heterocycles. The molecule has 4 nitrogen and oxygen atoms in total. The molecule has 0 radical (unpaired) electrons. The van der Waals surface area contributed by atoms with Gasteiger partial charge in [-0.25, -0.2) is 4.98 Å². The lowest BCUT2D eigenvalue weighted by atomic mass is 10.1. The number of pyridine rings is 1. The molecule has 1 aromatic carbocycles. The fourth-order valence-electron chi connectivity index (χ4n) is 2.82. The van der Waals surface area contributed by atoms with Gasteiger partial charge in [0.25, 0.3) is 0 Å². The number of rotatable bonds is 2. The van der Waals surface area contributed by atoms with Crippen LogP contribution in [0.2, 0.25) is 0 Å². The summed E-state index contributed by atoms with van der Waals surface area (Å²) < 4.78 is 0. The monoisotopic (exact) mass is 295 g/mol. The summed E-state index contributed by atoms with van der Waals surface area (Å²) in [4.78, 5) is 20.1. The van der Waals surface area contributed by atoms with Crippen molar-refractivity contribution >= 4 is 11.7 Å². The molecule has 2 aromatic rings. The molecule has 0 saturated carbocycles. The van der Waals surface area contributed by atoms with E-state index in [1.165, 1.54) is 11.1 Å². The second-order valence-electron chi connectivity index (χ2n) is 5.77. The zero-order valence-corrected chi connectivity index (χ0v) is 13.1. The van der Waals surface area contributed by atoms with Gasteiger partial charge in [0.1, 0.15) is 5.82 Å². The Labute approximate surface area is 131 Å². The fourth-order valence-corrected chi connectivity index (χ4v) is 2.82. The van der Waals surface area contributed by atoms with Crippen LogP contribution >= 0.6 is 0 Å². The van der Waals surface area contributed by atoms with E-state index in [1.807, 2.05) is 11.1 Å². The summed E-state index contributed by atoms with van der Waals surface area (Å²) in [5, 5.41) is 0. The Morgan fingerprint density at radius 3 is 2.41 bits per heavy atom. The zero-order chi connectivity index (χ0) is 15.5. The van der Waals surface area contributed by atoms with Gasteiger partial charge in [-0.05, 0) is 24.6 Å². The van der Waals surface area contributed by atoms with E-state index in [2.05, 4.69) is 53.2 Å². The Hall–Kier alpha value is -2.36. The third-order valence-electron chi connectivity index (χ3n) is 4.15. The van der Waals surface area contributed by atoms with Gasteiger partial charge in [-0.3, -0.25) is 4.79 Å². The summed E-state index contributed by atoms with van der Waals surface area (Å²) >= 11 is 0. The van der Waals surface area contributed by atoms with E-state index in [9.17, 15) is 4.79 Å². The fraction of sp³-hybridized carbons (Fsp3) is 0.333. The number of carbonyl (C=O) groups excluding carboxylic acids is 1. The largest absolute Gasteiger partial charge is 0.353 e. The first-order chi connectivity index (χ1) is 10.6. The molecule has 1 aliphatic heterocycles. The van der Waals surface area contributed by atoms with E-state index in [0.717, 1.165) is 37.6 Å². The van der Waals surface area contributed by atoms with Gasteiger partial charge in [-0.15, -0.1) is 0 Å². The average molecular weight is 295 g/mol. The highest BCUT2D eigenvalue weighted by molar-refractivity contribution is 5.73. The quantitative estimate of drug-likeness (QED) is 0.855. The molecule has 3 rings (SSSR count). The van der Waals surface area contributed by atoms with Crippen LogP contribution in [0.1, 0.15) is 12.5 Å². The maximum atomic E-state index is 11.4. The van der Waals surface area contributed by atoms with Crippen molar-refractivity contribution in [3.8, 4) is 11.1 Å². The molecule has 1 fully saturated rings. The Bertz CT molecular complexity index is 658. The third kappa shape index (κ3) is 3.11. The number of nitrogens with zero attached hydrogens (tertiary/aromatic N) is 3. The lowest BCUT2D eigenvalue weighted by Gasteiger charge is -2.34. The molecule has 0 aliphatic carbocycles. The van der Waals surface area contributed by atoms with Crippen molar-refractivity contribution in [1.29, 1.82) is 0 Å². The van der Waals surface area contributed by atoms with Crippen LogP contribution < -0.4 is 4.90 Å². The molecule has 2 heterocycles. The number of aromatic nitrogens is 1. The molecule has 0 N–H and O–H groups in total. The van der Waals surface area contributed by atoms with Gasteiger partial charge in [0, 0.05) is 44.9 Å². The van der Waals surface area contributed by atoms with Crippen molar-refractivity contribution in [1.82, 2.24) is 9.88 Å². The highest BCUT2D eigenvalue weighted by Gasteiger charge is 2.19. The molecule has 4 heteroatoms. The number of piperazine rings is 1. The van der Waals surface area contributed by atoms with Gasteiger partial charge < -0.3 is 9.80 Å². The van der Waals surface area contributed by atoms with E-state index in [0.29, 0.717) is 0 Å². The van der Waals surface area contributed by atoms with Crippen LogP contribution in [-0.4, -0.2) is 42.0 Å². The summed E-state index contributed by atoms with van der Waals surface area (Å²) in [6.45, 7) is 6.96. The molecule has 1 aliphatic rings. The van der Waals surface area contributed by atoms with Crippen LogP contribution in [0.5, 0.6) is 0 Å². The molecule has 0 spiro atoms. The zero-order valence-electron chi connectivity index (χ0n) is 13.1. The van der Waals surface area contributed by atoms with Crippen molar-refractivity contribution in [3.63, 3.8) is 0 Å². The van der Waals surface area contributed by atoms with Gasteiger partial charge in [-0.2, -0.15) is 0 Å². The number of carbonyl (C=O) groups is 1. The first kappa shape index (κ1) is 14.6. The van der Waals surface area contributed by atoms with Crippen molar-refractivity contribution in [2.24, 2.45) is 0 Å². The predicted molar refractivity (Wildman–Crippen MR) is 88.9 cm³/mol. The van der Waals surface area contributed by atoms with E-state index in [1.54, 1.807) is 6.92 Å². The lowest BCUT2D eigenvalue weighted by Crippen LogP contribution is -2.48. The Kier molecular flexibility index (Phi) is 4.09.